The Morgan fingerprint density at radius 3 is 2.45 bits per heavy atom. The molecule has 3 aromatic carbocycles. The maximum Gasteiger partial charge on any atom is 0.238 e. The lowest BCUT2D eigenvalue weighted by Gasteiger charge is -2.47. The first kappa shape index (κ1) is 29.9. The lowest BCUT2D eigenvalue weighted by atomic mass is 9.59. The zero-order valence-electron chi connectivity index (χ0n) is 24.0. The fourth-order valence-corrected chi connectivity index (χ4v) is 6.64. The topological polar surface area (TPSA) is 87.7 Å². The smallest absolute Gasteiger partial charge is 0.238 e. The van der Waals surface area contributed by atoms with Gasteiger partial charge in [-0.3, -0.25) is 14.4 Å². The van der Waals surface area contributed by atoms with E-state index in [9.17, 15) is 18.8 Å². The van der Waals surface area contributed by atoms with Gasteiger partial charge in [0.05, 0.1) is 11.5 Å². The van der Waals surface area contributed by atoms with E-state index >= 15 is 0 Å². The van der Waals surface area contributed by atoms with Crippen LogP contribution in [0, 0.1) is 18.2 Å². The molecule has 1 fully saturated rings. The van der Waals surface area contributed by atoms with Crippen LogP contribution >= 0.6 is 23.2 Å². The van der Waals surface area contributed by atoms with Gasteiger partial charge in [-0.2, -0.15) is 0 Å². The second-order valence-corrected chi connectivity index (χ2v) is 12.7. The maximum atomic E-state index is 14.7. The number of fused-ring (bicyclic) bond motifs is 2. The Morgan fingerprint density at radius 2 is 1.74 bits per heavy atom. The molecule has 2 N–H and O–H groups in total. The van der Waals surface area contributed by atoms with Gasteiger partial charge in [-0.05, 0) is 79.9 Å². The van der Waals surface area contributed by atoms with E-state index < -0.39 is 28.6 Å². The highest BCUT2D eigenvalue weighted by Crippen LogP contribution is 2.59. The fourth-order valence-electron chi connectivity index (χ4n) is 6.29. The third kappa shape index (κ3) is 5.01. The van der Waals surface area contributed by atoms with Crippen LogP contribution in [0.15, 0.2) is 54.6 Å². The number of carbonyl (C=O) groups is 3. The molecule has 0 bridgehead atoms. The number of hydrogen-bond donors (Lipinski definition) is 2. The van der Waals surface area contributed by atoms with Crippen LogP contribution in [0.4, 0.5) is 10.1 Å². The van der Waals surface area contributed by atoms with Crippen molar-refractivity contribution in [1.29, 1.82) is 0 Å². The average Bonchev–Trinajstić information content (AvgIpc) is 3.20. The molecule has 2 heterocycles. The molecule has 1 unspecified atom stereocenters. The lowest BCUT2D eigenvalue weighted by Crippen LogP contribution is -2.57. The van der Waals surface area contributed by atoms with E-state index in [1.165, 1.54) is 17.0 Å². The number of ether oxygens (including phenoxy) is 1. The highest BCUT2D eigenvalue weighted by molar-refractivity contribution is 6.31. The largest absolute Gasteiger partial charge is 0.492 e. The summed E-state index contributed by atoms with van der Waals surface area (Å²) < 4.78 is 21.0. The van der Waals surface area contributed by atoms with Gasteiger partial charge in [0.15, 0.2) is 0 Å². The molecule has 0 saturated carbocycles. The third-order valence-corrected chi connectivity index (χ3v) is 8.69. The summed E-state index contributed by atoms with van der Waals surface area (Å²) in [7, 11) is 3.36. The van der Waals surface area contributed by atoms with Crippen molar-refractivity contribution < 1.29 is 23.5 Å². The van der Waals surface area contributed by atoms with Gasteiger partial charge in [-0.15, -0.1) is 0 Å². The zero-order chi connectivity index (χ0) is 30.6. The number of anilines is 1. The number of amides is 3. The number of hydrogen-bond acceptors (Lipinski definition) is 4. The van der Waals surface area contributed by atoms with E-state index in [-0.39, 0.29) is 30.7 Å². The van der Waals surface area contributed by atoms with Crippen molar-refractivity contribution in [3.63, 3.8) is 0 Å². The van der Waals surface area contributed by atoms with E-state index in [4.69, 9.17) is 27.9 Å². The molecule has 3 amide bonds. The minimum absolute atomic E-state index is 0.0371. The van der Waals surface area contributed by atoms with E-state index in [1.807, 2.05) is 6.92 Å². The second-order valence-electron chi connectivity index (χ2n) is 11.8. The van der Waals surface area contributed by atoms with E-state index in [1.54, 1.807) is 70.4 Å². The Bertz CT molecular complexity index is 1610. The number of piperidine rings is 1. The van der Waals surface area contributed by atoms with Crippen LogP contribution in [0.2, 0.25) is 10.0 Å². The monoisotopic (exact) mass is 611 g/mol. The quantitative estimate of drug-likeness (QED) is 0.349. The Hall–Kier alpha value is -3.62. The summed E-state index contributed by atoms with van der Waals surface area (Å²) in [6.07, 6.45) is -0.0723. The van der Waals surface area contributed by atoms with Gasteiger partial charge >= 0.3 is 0 Å². The molecule has 1 saturated heterocycles. The Morgan fingerprint density at radius 1 is 1.05 bits per heavy atom. The highest BCUT2D eigenvalue weighted by Gasteiger charge is 2.62. The second kappa shape index (κ2) is 10.9. The van der Waals surface area contributed by atoms with Crippen LogP contribution < -0.4 is 15.4 Å². The standard InChI is InChI=1S/C32H32Cl2FN3O4/c1-17-6-9-20(35)14-21(17)28-32(23-10-7-19(34)13-25(23)36-29(32)40)24(15-27(39)37-28)22-12-18(33)8-11-26(22)42-16-31(2,3)30(41)38(4)5/h6-14,24,28H,15-16H2,1-5H3,(H,36,40)(H,37,39)/t24-,28+,32?/m1/s1. The number of aryl methyl sites for hydroxylation is 1. The van der Waals surface area contributed by atoms with Crippen molar-refractivity contribution in [3.05, 3.63) is 92.7 Å². The van der Waals surface area contributed by atoms with Crippen LogP contribution in [0.5, 0.6) is 5.75 Å². The van der Waals surface area contributed by atoms with Gasteiger partial charge in [-0.25, -0.2) is 4.39 Å². The van der Waals surface area contributed by atoms with E-state index in [0.29, 0.717) is 43.7 Å². The minimum atomic E-state index is -1.41. The summed E-state index contributed by atoms with van der Waals surface area (Å²) in [5, 5.41) is 6.80. The number of rotatable bonds is 6. The van der Waals surface area contributed by atoms with E-state index in [2.05, 4.69) is 10.6 Å². The summed E-state index contributed by atoms with van der Waals surface area (Å²) in [6, 6.07) is 13.6. The van der Waals surface area contributed by atoms with Crippen molar-refractivity contribution in [2.75, 3.05) is 26.0 Å². The first-order chi connectivity index (χ1) is 19.7. The van der Waals surface area contributed by atoms with Crippen molar-refractivity contribution in [2.45, 2.75) is 44.6 Å². The first-order valence-electron chi connectivity index (χ1n) is 13.6. The summed E-state index contributed by atoms with van der Waals surface area (Å²) in [6.45, 7) is 5.42. The summed E-state index contributed by atoms with van der Waals surface area (Å²) >= 11 is 12.8. The third-order valence-electron chi connectivity index (χ3n) is 8.22. The maximum absolute atomic E-state index is 14.7. The van der Waals surface area contributed by atoms with Crippen molar-refractivity contribution in [3.8, 4) is 5.75 Å². The fraction of sp³-hybridized carbons (Fsp3) is 0.344. The average molecular weight is 613 g/mol. The highest BCUT2D eigenvalue weighted by atomic mass is 35.5. The Labute approximate surface area is 254 Å². The SMILES string of the molecule is Cc1ccc(F)cc1[C@@H]1NC(=O)C[C@H](c2cc(Cl)ccc2OCC(C)(C)C(=O)N(C)C)C12C(=O)Nc1cc(Cl)ccc12. The summed E-state index contributed by atoms with van der Waals surface area (Å²) in [4.78, 5) is 42.1. The number of carbonyl (C=O) groups excluding carboxylic acids is 3. The molecule has 42 heavy (non-hydrogen) atoms. The lowest BCUT2D eigenvalue weighted by molar-refractivity contribution is -0.139. The number of nitrogens with zero attached hydrogens (tertiary/aromatic N) is 1. The van der Waals surface area contributed by atoms with Crippen LogP contribution in [0.1, 0.15) is 54.5 Å². The van der Waals surface area contributed by atoms with Crippen molar-refractivity contribution >= 4 is 46.6 Å². The molecule has 0 aromatic heterocycles. The van der Waals surface area contributed by atoms with Gasteiger partial charge in [0, 0.05) is 47.7 Å². The zero-order valence-corrected chi connectivity index (χ0v) is 25.5. The van der Waals surface area contributed by atoms with Gasteiger partial charge in [-0.1, -0.05) is 35.3 Å². The molecule has 2 aliphatic rings. The summed E-state index contributed by atoms with van der Waals surface area (Å²) in [5.41, 5.74) is 0.570. The molecule has 3 aromatic rings. The number of halogens is 3. The normalized spacial score (nSPS) is 21.5. The van der Waals surface area contributed by atoms with E-state index in [0.717, 1.165) is 0 Å². The molecule has 0 radical (unpaired) electrons. The molecule has 5 rings (SSSR count). The molecule has 7 nitrogen and oxygen atoms in total. The van der Waals surface area contributed by atoms with Gasteiger partial charge in [0.2, 0.25) is 17.7 Å². The predicted octanol–water partition coefficient (Wildman–Crippen LogP) is 6.17. The molecule has 0 aliphatic carbocycles. The van der Waals surface area contributed by atoms with Crippen LogP contribution in [0.3, 0.4) is 0 Å². The Balaban J connectivity index is 1.73. The molecular formula is C32H32Cl2FN3O4. The van der Waals surface area contributed by atoms with Crippen LogP contribution in [0.25, 0.3) is 0 Å². The van der Waals surface area contributed by atoms with Crippen LogP contribution in [-0.4, -0.2) is 43.3 Å². The number of nitrogens with one attached hydrogen (secondary N) is 2. The Kier molecular flexibility index (Phi) is 7.75. The molecule has 10 heteroatoms. The predicted molar refractivity (Wildman–Crippen MR) is 161 cm³/mol. The molecule has 3 atom stereocenters. The molecule has 1 spiro atoms. The summed E-state index contributed by atoms with van der Waals surface area (Å²) in [5.74, 6) is -1.67. The molecular weight excluding hydrogens is 580 g/mol. The molecule has 2 aliphatic heterocycles. The first-order valence-corrected chi connectivity index (χ1v) is 14.3. The van der Waals surface area contributed by atoms with Gasteiger partial charge < -0.3 is 20.3 Å². The van der Waals surface area contributed by atoms with Crippen molar-refractivity contribution in [2.24, 2.45) is 5.41 Å². The van der Waals surface area contributed by atoms with Crippen LogP contribution in [-0.2, 0) is 19.8 Å². The van der Waals surface area contributed by atoms with Gasteiger partial charge in [0.25, 0.3) is 0 Å². The van der Waals surface area contributed by atoms with Gasteiger partial charge in [0.1, 0.15) is 23.6 Å². The molecule has 220 valence electrons. The number of benzene rings is 3. The minimum Gasteiger partial charge on any atom is -0.492 e. The van der Waals surface area contributed by atoms with Crippen molar-refractivity contribution in [1.82, 2.24) is 10.2 Å².